The van der Waals surface area contributed by atoms with Crippen LogP contribution in [-0.4, -0.2) is 29.9 Å². The lowest BCUT2D eigenvalue weighted by molar-refractivity contribution is 1.07. The third-order valence-electron chi connectivity index (χ3n) is 11.0. The summed E-state index contributed by atoms with van der Waals surface area (Å²) in [5.41, 5.74) is 10.6. The minimum absolute atomic E-state index is 0.634. The van der Waals surface area contributed by atoms with Crippen LogP contribution in [0.15, 0.2) is 207 Å². The predicted molar refractivity (Wildman–Crippen MR) is 244 cm³/mol. The first-order valence-corrected chi connectivity index (χ1v) is 19.9. The van der Waals surface area contributed by atoms with E-state index in [0.717, 1.165) is 77.7 Å². The minimum Gasteiger partial charge on any atom is -0.255 e. The first kappa shape index (κ1) is 35.0. The van der Waals surface area contributed by atoms with Gasteiger partial charge in [-0.15, -0.1) is 0 Å². The summed E-state index contributed by atoms with van der Waals surface area (Å²) >= 11 is 0. The van der Waals surface area contributed by atoms with Crippen LogP contribution >= 0.6 is 0 Å². The Morgan fingerprint density at radius 1 is 0.250 bits per heavy atom. The lowest BCUT2D eigenvalue weighted by Gasteiger charge is -2.19. The zero-order valence-electron chi connectivity index (χ0n) is 32.3. The molecule has 0 aliphatic carbocycles. The van der Waals surface area contributed by atoms with Crippen LogP contribution in [0.25, 0.3) is 112 Å². The highest BCUT2D eigenvalue weighted by Gasteiger charge is 2.20. The summed E-state index contributed by atoms with van der Waals surface area (Å²) in [6.45, 7) is 0. The molecule has 0 saturated heterocycles. The van der Waals surface area contributed by atoms with Gasteiger partial charge in [0.15, 0.2) is 17.5 Å². The molecule has 4 heterocycles. The highest BCUT2D eigenvalue weighted by atomic mass is 15.0. The van der Waals surface area contributed by atoms with E-state index >= 15 is 0 Å². The fourth-order valence-corrected chi connectivity index (χ4v) is 8.19. The monoisotopic (exact) mass is 766 g/mol. The molecule has 11 rings (SSSR count). The number of pyridine rings is 3. The van der Waals surface area contributed by atoms with Gasteiger partial charge < -0.3 is 0 Å². The van der Waals surface area contributed by atoms with Crippen molar-refractivity contribution in [2.24, 2.45) is 0 Å². The largest absolute Gasteiger partial charge is 0.255 e. The predicted octanol–water partition coefficient (Wildman–Crippen LogP) is 13.2. The van der Waals surface area contributed by atoms with Gasteiger partial charge in [0.1, 0.15) is 0 Å². The Morgan fingerprint density at radius 2 is 0.650 bits per heavy atom. The molecule has 6 nitrogen and oxygen atoms in total. The summed E-state index contributed by atoms with van der Waals surface area (Å²) in [5.74, 6) is 1.92. The number of rotatable bonds is 7. The Kier molecular flexibility index (Phi) is 8.71. The van der Waals surface area contributed by atoms with E-state index in [1.165, 1.54) is 16.3 Å². The molecule has 7 aromatic carbocycles. The molecule has 4 aromatic heterocycles. The SMILES string of the molecule is c1ccc(-c2nc(-c3ccccc3)nc(-c3ccc4cc(-c5c6ccccc6c(-c6cc(-c7ccccn7)nc(-c7ccccn7)c6)c6ccccc56)ccc4c3)n2)cc1. The summed E-state index contributed by atoms with van der Waals surface area (Å²) in [6.07, 6.45) is 3.62. The second kappa shape index (κ2) is 14.9. The molecular weight excluding hydrogens is 733 g/mol. The molecule has 0 spiro atoms. The van der Waals surface area contributed by atoms with Crippen LogP contribution in [-0.2, 0) is 0 Å². The smallest absolute Gasteiger partial charge is 0.164 e. The van der Waals surface area contributed by atoms with Gasteiger partial charge in [-0.2, -0.15) is 0 Å². The molecule has 0 aliphatic heterocycles. The van der Waals surface area contributed by atoms with Crippen molar-refractivity contribution in [1.29, 1.82) is 0 Å². The Morgan fingerprint density at radius 3 is 1.12 bits per heavy atom. The van der Waals surface area contributed by atoms with Gasteiger partial charge in [0.05, 0.1) is 22.8 Å². The topological polar surface area (TPSA) is 77.3 Å². The normalized spacial score (nSPS) is 11.3. The van der Waals surface area contributed by atoms with Crippen molar-refractivity contribution in [3.63, 3.8) is 0 Å². The number of hydrogen-bond donors (Lipinski definition) is 0. The van der Waals surface area contributed by atoms with Crippen LogP contribution in [0.2, 0.25) is 0 Å². The fraction of sp³-hybridized carbons (Fsp3) is 0. The Bertz CT molecular complexity index is 3180. The second-order valence-electron chi connectivity index (χ2n) is 14.7. The first-order chi connectivity index (χ1) is 29.7. The first-order valence-electron chi connectivity index (χ1n) is 19.9. The van der Waals surface area contributed by atoms with Gasteiger partial charge in [-0.25, -0.2) is 19.9 Å². The van der Waals surface area contributed by atoms with Crippen molar-refractivity contribution < 1.29 is 0 Å². The quantitative estimate of drug-likeness (QED) is 0.150. The maximum Gasteiger partial charge on any atom is 0.164 e. The zero-order valence-corrected chi connectivity index (χ0v) is 32.3. The number of nitrogens with zero attached hydrogens (tertiary/aromatic N) is 6. The highest BCUT2D eigenvalue weighted by Crippen LogP contribution is 2.45. The standard InChI is InChI=1S/C54H34N6/c1-3-15-35(16-4-1)52-58-53(36-17-5-2-6-18-36)60-54(59-52)40-28-26-37-31-39(27-25-38(37)32-40)50-42-19-7-9-21-44(42)51(45-22-10-8-20-43(45)50)41-33-48(46-23-11-13-29-55-46)57-49(34-41)47-24-12-14-30-56-47/h1-34H. The van der Waals surface area contributed by atoms with Crippen LogP contribution in [0.5, 0.6) is 0 Å². The maximum atomic E-state index is 5.08. The van der Waals surface area contributed by atoms with E-state index < -0.39 is 0 Å². The third-order valence-corrected chi connectivity index (χ3v) is 11.0. The van der Waals surface area contributed by atoms with E-state index in [-0.39, 0.29) is 0 Å². The van der Waals surface area contributed by atoms with Crippen molar-refractivity contribution in [2.75, 3.05) is 0 Å². The van der Waals surface area contributed by atoms with Crippen molar-refractivity contribution in [3.8, 4) is 79.2 Å². The number of benzene rings is 7. The molecule has 0 bridgehead atoms. The van der Waals surface area contributed by atoms with E-state index in [1.807, 2.05) is 109 Å². The van der Waals surface area contributed by atoms with Gasteiger partial charge in [0.25, 0.3) is 0 Å². The molecule has 0 aliphatic rings. The van der Waals surface area contributed by atoms with Gasteiger partial charge >= 0.3 is 0 Å². The molecule has 0 amide bonds. The van der Waals surface area contributed by atoms with Gasteiger partial charge in [-0.3, -0.25) is 9.97 Å². The molecule has 6 heteroatoms. The second-order valence-corrected chi connectivity index (χ2v) is 14.7. The molecular formula is C54H34N6. The Labute approximate surface area is 346 Å². The summed E-state index contributed by atoms with van der Waals surface area (Å²) in [5, 5.41) is 6.89. The molecule has 280 valence electrons. The summed E-state index contributed by atoms with van der Waals surface area (Å²) < 4.78 is 0. The van der Waals surface area contributed by atoms with E-state index in [1.54, 1.807) is 0 Å². The van der Waals surface area contributed by atoms with Gasteiger partial charge in [0, 0.05) is 29.1 Å². The Balaban J connectivity index is 1.06. The van der Waals surface area contributed by atoms with E-state index in [2.05, 4.69) is 107 Å². The van der Waals surface area contributed by atoms with Crippen molar-refractivity contribution in [3.05, 3.63) is 207 Å². The molecule has 0 unspecified atom stereocenters. The van der Waals surface area contributed by atoms with Crippen LogP contribution in [0.4, 0.5) is 0 Å². The lowest BCUT2D eigenvalue weighted by Crippen LogP contribution is -2.00. The fourth-order valence-electron chi connectivity index (χ4n) is 8.19. The van der Waals surface area contributed by atoms with Crippen LogP contribution in [0.3, 0.4) is 0 Å². The van der Waals surface area contributed by atoms with Gasteiger partial charge in [0.2, 0.25) is 0 Å². The number of hydrogen-bond acceptors (Lipinski definition) is 6. The number of fused-ring (bicyclic) bond motifs is 3. The summed E-state index contributed by atoms with van der Waals surface area (Å²) in [4.78, 5) is 29.3. The molecule has 11 aromatic rings. The van der Waals surface area contributed by atoms with Crippen LogP contribution in [0, 0.1) is 0 Å². The van der Waals surface area contributed by atoms with E-state index in [0.29, 0.717) is 17.5 Å². The molecule has 0 atom stereocenters. The van der Waals surface area contributed by atoms with Gasteiger partial charge in [-0.1, -0.05) is 146 Å². The molecule has 0 fully saturated rings. The van der Waals surface area contributed by atoms with Crippen molar-refractivity contribution in [2.45, 2.75) is 0 Å². The lowest BCUT2D eigenvalue weighted by atomic mass is 9.85. The molecule has 0 radical (unpaired) electrons. The van der Waals surface area contributed by atoms with Crippen LogP contribution < -0.4 is 0 Å². The van der Waals surface area contributed by atoms with Crippen molar-refractivity contribution >= 4 is 32.3 Å². The minimum atomic E-state index is 0.634. The number of aromatic nitrogens is 6. The molecule has 0 saturated carbocycles. The third kappa shape index (κ3) is 6.42. The maximum absolute atomic E-state index is 5.08. The van der Waals surface area contributed by atoms with Gasteiger partial charge in [-0.05, 0) is 103 Å². The van der Waals surface area contributed by atoms with Crippen molar-refractivity contribution in [1.82, 2.24) is 29.9 Å². The molecule has 60 heavy (non-hydrogen) atoms. The Hall–Kier alpha value is -8.22. The average Bonchev–Trinajstić information content (AvgIpc) is 3.33. The zero-order chi connectivity index (χ0) is 39.8. The summed E-state index contributed by atoms with van der Waals surface area (Å²) in [6, 6.07) is 67.0. The van der Waals surface area contributed by atoms with Crippen LogP contribution in [0.1, 0.15) is 0 Å². The molecule has 0 N–H and O–H groups in total. The van der Waals surface area contributed by atoms with E-state index in [4.69, 9.17) is 19.9 Å². The average molecular weight is 767 g/mol. The summed E-state index contributed by atoms with van der Waals surface area (Å²) in [7, 11) is 0. The highest BCUT2D eigenvalue weighted by molar-refractivity contribution is 6.22. The van der Waals surface area contributed by atoms with E-state index in [9.17, 15) is 0 Å².